The second-order valence-electron chi connectivity index (χ2n) is 5.38. The Morgan fingerprint density at radius 3 is 2.67 bits per heavy atom. The van der Waals surface area contributed by atoms with Crippen LogP contribution in [0.3, 0.4) is 0 Å². The van der Waals surface area contributed by atoms with Crippen LogP contribution in [0, 0.1) is 0 Å². The number of hydrogen-bond donors (Lipinski definition) is 2. The van der Waals surface area contributed by atoms with E-state index in [-0.39, 0.29) is 0 Å². The molecule has 1 aliphatic heterocycles. The highest BCUT2D eigenvalue weighted by atomic mass is 16.3. The Balaban J connectivity index is 1.87. The van der Waals surface area contributed by atoms with Gasteiger partial charge in [-0.3, -0.25) is 4.90 Å². The van der Waals surface area contributed by atoms with Crippen LogP contribution in [0.25, 0.3) is 0 Å². The highest BCUT2D eigenvalue weighted by molar-refractivity contribution is 6.05. The zero-order valence-electron chi connectivity index (χ0n) is 11.3. The summed E-state index contributed by atoms with van der Waals surface area (Å²) in [6.45, 7) is 0. The molecule has 6 heteroatoms. The Kier molecular flexibility index (Phi) is 2.65. The molecular formula is C15H15N5O. The van der Waals surface area contributed by atoms with Gasteiger partial charge in [0.05, 0.1) is 23.8 Å². The van der Waals surface area contributed by atoms with Crippen LogP contribution < -0.4 is 10.6 Å². The fraction of sp³-hybridized carbons (Fsp3) is 0.267. The third-order valence-electron chi connectivity index (χ3n) is 3.92. The lowest BCUT2D eigenvalue weighted by atomic mass is 10.0. The first-order valence-corrected chi connectivity index (χ1v) is 6.94. The van der Waals surface area contributed by atoms with Gasteiger partial charge in [0.2, 0.25) is 6.35 Å². The first-order chi connectivity index (χ1) is 10.2. The van der Waals surface area contributed by atoms with Gasteiger partial charge in [0.15, 0.2) is 0 Å². The van der Waals surface area contributed by atoms with Gasteiger partial charge in [-0.2, -0.15) is 0 Å². The third kappa shape index (κ3) is 2.04. The Morgan fingerprint density at radius 2 is 1.95 bits per heavy atom. The molecule has 1 fully saturated rings. The van der Waals surface area contributed by atoms with Crippen LogP contribution in [0.2, 0.25) is 0 Å². The topological polar surface area (TPSA) is 87.6 Å². The summed E-state index contributed by atoms with van der Waals surface area (Å²) >= 11 is 0. The van der Waals surface area contributed by atoms with E-state index in [0.29, 0.717) is 17.4 Å². The molecule has 1 atom stereocenters. The summed E-state index contributed by atoms with van der Waals surface area (Å²) in [6.07, 6.45) is 6.15. The summed E-state index contributed by atoms with van der Waals surface area (Å²) in [5.41, 5.74) is 9.60. The third-order valence-corrected chi connectivity index (χ3v) is 3.92. The van der Waals surface area contributed by atoms with Gasteiger partial charge in [0.1, 0.15) is 12.2 Å². The molecule has 21 heavy (non-hydrogen) atoms. The maximum absolute atomic E-state index is 10.3. The van der Waals surface area contributed by atoms with Crippen molar-refractivity contribution in [2.24, 2.45) is 10.7 Å². The number of nitrogens with zero attached hydrogens (tertiary/aromatic N) is 4. The van der Waals surface area contributed by atoms with Crippen molar-refractivity contribution in [3.8, 4) is 0 Å². The zero-order chi connectivity index (χ0) is 14.4. The molecule has 0 spiro atoms. The van der Waals surface area contributed by atoms with Crippen LogP contribution >= 0.6 is 0 Å². The highest BCUT2D eigenvalue weighted by Gasteiger charge is 2.30. The number of fused-ring (bicyclic) bond motifs is 1. The van der Waals surface area contributed by atoms with Crippen LogP contribution in [-0.2, 0) is 0 Å². The molecule has 1 saturated carbocycles. The van der Waals surface area contributed by atoms with Crippen molar-refractivity contribution in [1.82, 2.24) is 9.97 Å². The number of aliphatic hydroxyl groups is 1. The van der Waals surface area contributed by atoms with Crippen molar-refractivity contribution < 1.29 is 5.11 Å². The fourth-order valence-corrected chi connectivity index (χ4v) is 2.70. The van der Waals surface area contributed by atoms with Crippen molar-refractivity contribution in [2.45, 2.75) is 25.1 Å². The van der Waals surface area contributed by atoms with Gasteiger partial charge >= 0.3 is 0 Å². The predicted molar refractivity (Wildman–Crippen MR) is 79.3 cm³/mol. The van der Waals surface area contributed by atoms with Crippen LogP contribution in [0.15, 0.2) is 41.9 Å². The molecule has 0 bridgehead atoms. The molecule has 0 radical (unpaired) electrons. The molecule has 2 aliphatic rings. The number of aromatic nitrogens is 2. The number of amidine groups is 1. The number of rotatable bonds is 2. The minimum atomic E-state index is -1.06. The van der Waals surface area contributed by atoms with Gasteiger partial charge in [-0.25, -0.2) is 15.0 Å². The molecule has 1 unspecified atom stereocenters. The Morgan fingerprint density at radius 1 is 1.19 bits per heavy atom. The smallest absolute Gasteiger partial charge is 0.232 e. The van der Waals surface area contributed by atoms with Crippen LogP contribution in [-0.4, -0.2) is 27.3 Å². The first-order valence-electron chi connectivity index (χ1n) is 6.94. The second-order valence-corrected chi connectivity index (χ2v) is 5.38. The standard InChI is InChI=1S/C15H15N5O/c16-14-12-4-3-10(9-1-2-9)5-13(12)20(15(21)19-14)11-6-17-8-18-7-11/h3-9,15,21H,1-2H2,(H2,16,19). The molecule has 106 valence electrons. The van der Waals surface area contributed by atoms with Crippen molar-refractivity contribution in [3.05, 3.63) is 48.0 Å². The van der Waals surface area contributed by atoms with Crippen molar-refractivity contribution in [3.63, 3.8) is 0 Å². The van der Waals surface area contributed by atoms with E-state index in [0.717, 1.165) is 11.3 Å². The average molecular weight is 281 g/mol. The SMILES string of the molecule is NC1=NC(O)N(c2cncnc2)c2cc(C3CC3)ccc21. The number of aliphatic imine (C=N–C) groups is 1. The number of nitrogens with two attached hydrogens (primary N) is 1. The molecular weight excluding hydrogens is 266 g/mol. The van der Waals surface area contributed by atoms with E-state index in [1.807, 2.05) is 6.07 Å². The van der Waals surface area contributed by atoms with Crippen molar-refractivity contribution in [1.29, 1.82) is 0 Å². The lowest BCUT2D eigenvalue weighted by Crippen LogP contribution is -2.37. The number of anilines is 2. The Labute approximate surface area is 122 Å². The van der Waals surface area contributed by atoms with Crippen LogP contribution in [0.5, 0.6) is 0 Å². The van der Waals surface area contributed by atoms with E-state index < -0.39 is 6.35 Å². The molecule has 0 amide bonds. The van der Waals surface area contributed by atoms with E-state index in [2.05, 4.69) is 27.1 Å². The molecule has 2 heterocycles. The minimum Gasteiger partial charge on any atom is -0.383 e. The van der Waals surface area contributed by atoms with Crippen molar-refractivity contribution >= 4 is 17.2 Å². The number of benzene rings is 1. The molecule has 0 saturated heterocycles. The van der Waals surface area contributed by atoms with Gasteiger partial charge in [0, 0.05) is 5.56 Å². The molecule has 2 aromatic rings. The van der Waals surface area contributed by atoms with E-state index in [4.69, 9.17) is 5.73 Å². The van der Waals surface area contributed by atoms with Gasteiger partial charge in [-0.1, -0.05) is 6.07 Å². The fourth-order valence-electron chi connectivity index (χ4n) is 2.70. The summed E-state index contributed by atoms with van der Waals surface area (Å²) in [6, 6.07) is 6.16. The summed E-state index contributed by atoms with van der Waals surface area (Å²) in [5, 5.41) is 10.3. The molecule has 1 aliphatic carbocycles. The summed E-state index contributed by atoms with van der Waals surface area (Å²) in [7, 11) is 0. The van der Waals surface area contributed by atoms with Crippen molar-refractivity contribution in [2.75, 3.05) is 4.90 Å². The average Bonchev–Trinajstić information content (AvgIpc) is 3.32. The maximum atomic E-state index is 10.3. The van der Waals surface area contributed by atoms with Crippen LogP contribution in [0.1, 0.15) is 29.9 Å². The van der Waals surface area contributed by atoms with Crippen LogP contribution in [0.4, 0.5) is 11.4 Å². The zero-order valence-corrected chi connectivity index (χ0v) is 11.3. The monoisotopic (exact) mass is 281 g/mol. The highest BCUT2D eigenvalue weighted by Crippen LogP contribution is 2.43. The van der Waals surface area contributed by atoms with E-state index in [1.165, 1.54) is 24.7 Å². The normalized spacial score (nSPS) is 20.9. The van der Waals surface area contributed by atoms with Gasteiger partial charge in [-0.15, -0.1) is 0 Å². The second kappa shape index (κ2) is 4.53. The Hall–Kier alpha value is -2.47. The largest absolute Gasteiger partial charge is 0.383 e. The summed E-state index contributed by atoms with van der Waals surface area (Å²) in [4.78, 5) is 13.8. The number of hydrogen-bond acceptors (Lipinski definition) is 6. The van der Waals surface area contributed by atoms with Gasteiger partial charge in [-0.05, 0) is 36.5 Å². The van der Waals surface area contributed by atoms with Gasteiger partial charge < -0.3 is 10.8 Å². The van der Waals surface area contributed by atoms with E-state index >= 15 is 0 Å². The van der Waals surface area contributed by atoms with E-state index in [1.54, 1.807) is 17.3 Å². The lowest BCUT2D eigenvalue weighted by molar-refractivity contribution is 0.189. The summed E-state index contributed by atoms with van der Waals surface area (Å²) in [5.74, 6) is 0.981. The molecule has 4 rings (SSSR count). The first kappa shape index (κ1) is 12.3. The molecule has 1 aromatic heterocycles. The molecule has 6 nitrogen and oxygen atoms in total. The minimum absolute atomic E-state index is 0.355. The Bertz CT molecular complexity index is 711. The molecule has 1 aromatic carbocycles. The number of aliphatic hydroxyl groups excluding tert-OH is 1. The molecule has 3 N–H and O–H groups in total. The summed E-state index contributed by atoms with van der Waals surface area (Å²) < 4.78 is 0. The predicted octanol–water partition coefficient (Wildman–Crippen LogP) is 1.49. The maximum Gasteiger partial charge on any atom is 0.232 e. The quantitative estimate of drug-likeness (QED) is 0.870. The van der Waals surface area contributed by atoms with Gasteiger partial charge in [0.25, 0.3) is 0 Å². The lowest BCUT2D eigenvalue weighted by Gasteiger charge is -2.32. The van der Waals surface area contributed by atoms with E-state index in [9.17, 15) is 5.11 Å².